The van der Waals surface area contributed by atoms with Crippen molar-refractivity contribution in [3.63, 3.8) is 0 Å². The number of benzene rings is 2. The monoisotopic (exact) mass is 361 g/mol. The molecule has 5 atom stereocenters. The summed E-state index contributed by atoms with van der Waals surface area (Å²) < 4.78 is 0. The third-order valence-electron chi connectivity index (χ3n) is 6.62. The summed E-state index contributed by atoms with van der Waals surface area (Å²) in [6.07, 6.45) is 1.90. The van der Waals surface area contributed by atoms with Crippen LogP contribution in [-0.4, -0.2) is 22.9 Å². The highest BCUT2D eigenvalue weighted by Gasteiger charge is 2.64. The molecule has 0 unspecified atom stereocenters. The maximum Gasteiger partial charge on any atom is 0.335 e. The number of carbonyl (C=O) groups excluding carboxylic acids is 2. The Morgan fingerprint density at radius 1 is 0.889 bits per heavy atom. The minimum atomic E-state index is -1.03. The topological polar surface area (TPSA) is 74.7 Å². The van der Waals surface area contributed by atoms with Gasteiger partial charge in [-0.3, -0.25) is 14.5 Å². The molecule has 2 amide bonds. The first kappa shape index (κ1) is 16.2. The highest BCUT2D eigenvalue weighted by Crippen LogP contribution is 2.61. The maximum absolute atomic E-state index is 13.2. The van der Waals surface area contributed by atoms with Crippen molar-refractivity contribution in [2.24, 2.45) is 23.7 Å². The fourth-order valence-electron chi connectivity index (χ4n) is 5.55. The average molecular weight is 361 g/mol. The highest BCUT2D eigenvalue weighted by molar-refractivity contribution is 6.22. The van der Waals surface area contributed by atoms with Crippen LogP contribution in [0.5, 0.6) is 0 Å². The smallest absolute Gasteiger partial charge is 0.335 e. The fraction of sp³-hybridized carbons (Fsp3) is 0.318. The molecule has 27 heavy (non-hydrogen) atoms. The minimum absolute atomic E-state index is 0.118. The summed E-state index contributed by atoms with van der Waals surface area (Å²) in [6.45, 7) is 0. The number of aromatic carboxylic acids is 1. The number of hydrogen-bond acceptors (Lipinski definition) is 3. The highest BCUT2D eigenvalue weighted by atomic mass is 16.4. The van der Waals surface area contributed by atoms with Crippen LogP contribution in [0, 0.1) is 23.7 Å². The zero-order valence-electron chi connectivity index (χ0n) is 14.6. The number of carboxylic acids is 1. The Balaban J connectivity index is 1.46. The molecule has 0 radical (unpaired) electrons. The summed E-state index contributed by atoms with van der Waals surface area (Å²) in [5.41, 5.74) is 1.87. The van der Waals surface area contributed by atoms with Crippen LogP contribution in [0.25, 0.3) is 0 Å². The van der Waals surface area contributed by atoms with Gasteiger partial charge >= 0.3 is 5.97 Å². The predicted octanol–water partition coefficient (Wildman–Crippen LogP) is 3.31. The predicted molar refractivity (Wildman–Crippen MR) is 98.3 cm³/mol. The van der Waals surface area contributed by atoms with Crippen molar-refractivity contribution in [2.45, 2.75) is 18.8 Å². The molecule has 1 N–H and O–H groups in total. The second kappa shape index (κ2) is 5.78. The molecule has 2 aromatic carbocycles. The molecule has 5 heteroatoms. The van der Waals surface area contributed by atoms with Crippen molar-refractivity contribution in [3.05, 3.63) is 65.7 Å². The van der Waals surface area contributed by atoms with Crippen LogP contribution < -0.4 is 4.90 Å². The molecule has 2 bridgehead atoms. The van der Waals surface area contributed by atoms with E-state index in [1.807, 2.05) is 18.2 Å². The van der Waals surface area contributed by atoms with Gasteiger partial charge in [0.05, 0.1) is 23.1 Å². The van der Waals surface area contributed by atoms with Crippen LogP contribution in [0.3, 0.4) is 0 Å². The van der Waals surface area contributed by atoms with E-state index in [2.05, 4.69) is 12.1 Å². The van der Waals surface area contributed by atoms with E-state index < -0.39 is 5.97 Å². The third-order valence-corrected chi connectivity index (χ3v) is 6.62. The van der Waals surface area contributed by atoms with Crippen LogP contribution in [0.2, 0.25) is 0 Å². The molecular weight excluding hydrogens is 342 g/mol. The summed E-state index contributed by atoms with van der Waals surface area (Å²) in [6, 6.07) is 16.3. The standard InChI is InChI=1S/C22H19NO4/c24-20-18-14-10-16(12-4-2-1-3-5-12)17(11-14)19(18)21(25)23(20)15-8-6-13(7-9-15)22(26)27/h1-9,14,16-19H,10-11H2,(H,26,27)/t14-,16-,17+,18+,19-/m0/s1. The summed E-state index contributed by atoms with van der Waals surface area (Å²) in [7, 11) is 0. The van der Waals surface area contributed by atoms with E-state index in [0.717, 1.165) is 12.8 Å². The number of amides is 2. The lowest BCUT2D eigenvalue weighted by molar-refractivity contribution is -0.123. The van der Waals surface area contributed by atoms with Crippen LogP contribution in [-0.2, 0) is 9.59 Å². The lowest BCUT2D eigenvalue weighted by atomic mass is 9.73. The normalized spacial score (nSPS) is 31.4. The zero-order valence-corrected chi connectivity index (χ0v) is 14.6. The van der Waals surface area contributed by atoms with Crippen molar-refractivity contribution in [3.8, 4) is 0 Å². The van der Waals surface area contributed by atoms with E-state index in [4.69, 9.17) is 5.11 Å². The van der Waals surface area contributed by atoms with E-state index in [1.165, 1.54) is 22.6 Å². The van der Waals surface area contributed by atoms with Gasteiger partial charge in [0.1, 0.15) is 0 Å². The van der Waals surface area contributed by atoms with Gasteiger partial charge in [-0.05, 0) is 60.4 Å². The van der Waals surface area contributed by atoms with Gasteiger partial charge in [0.15, 0.2) is 0 Å². The molecule has 2 aliphatic carbocycles. The van der Waals surface area contributed by atoms with Crippen molar-refractivity contribution < 1.29 is 19.5 Å². The Bertz CT molecular complexity index is 937. The Hall–Kier alpha value is -2.95. The van der Waals surface area contributed by atoms with Gasteiger partial charge in [-0.1, -0.05) is 30.3 Å². The number of nitrogens with zero attached hydrogens (tertiary/aromatic N) is 1. The molecule has 0 aromatic heterocycles. The largest absolute Gasteiger partial charge is 0.478 e. The van der Waals surface area contributed by atoms with Crippen LogP contribution in [0.15, 0.2) is 54.6 Å². The quantitative estimate of drug-likeness (QED) is 0.851. The fourth-order valence-corrected chi connectivity index (χ4v) is 5.55. The molecule has 1 aliphatic heterocycles. The van der Waals surface area contributed by atoms with E-state index >= 15 is 0 Å². The van der Waals surface area contributed by atoms with Gasteiger partial charge < -0.3 is 5.11 Å². The second-order valence-corrected chi connectivity index (χ2v) is 7.83. The van der Waals surface area contributed by atoms with Crippen LogP contribution in [0.4, 0.5) is 5.69 Å². The van der Waals surface area contributed by atoms with Crippen molar-refractivity contribution >= 4 is 23.5 Å². The molecule has 5 nitrogen and oxygen atoms in total. The number of carboxylic acid groups (broad SMARTS) is 1. The van der Waals surface area contributed by atoms with E-state index in [0.29, 0.717) is 11.6 Å². The summed E-state index contributed by atoms with van der Waals surface area (Å²) >= 11 is 0. The second-order valence-electron chi connectivity index (χ2n) is 7.83. The number of anilines is 1. The van der Waals surface area contributed by atoms with Gasteiger partial charge in [-0.15, -0.1) is 0 Å². The molecule has 3 fully saturated rings. The molecule has 0 spiro atoms. The number of carbonyl (C=O) groups is 3. The summed E-state index contributed by atoms with van der Waals surface area (Å²) in [5.74, 6) is -0.938. The van der Waals surface area contributed by atoms with Gasteiger partial charge in [-0.25, -0.2) is 4.79 Å². The number of rotatable bonds is 3. The first-order valence-corrected chi connectivity index (χ1v) is 9.32. The molecule has 1 heterocycles. The Morgan fingerprint density at radius 2 is 1.56 bits per heavy atom. The average Bonchev–Trinajstić information content (AvgIpc) is 3.34. The van der Waals surface area contributed by atoms with E-state index in [-0.39, 0.29) is 41.0 Å². The molecule has 5 rings (SSSR count). The lowest BCUT2D eigenvalue weighted by Gasteiger charge is -2.28. The Morgan fingerprint density at radius 3 is 2.22 bits per heavy atom. The van der Waals surface area contributed by atoms with Crippen LogP contribution >= 0.6 is 0 Å². The zero-order chi connectivity index (χ0) is 18.7. The van der Waals surface area contributed by atoms with E-state index in [9.17, 15) is 14.4 Å². The van der Waals surface area contributed by atoms with Crippen molar-refractivity contribution in [1.82, 2.24) is 0 Å². The number of hydrogen-bond donors (Lipinski definition) is 1. The molecule has 2 saturated carbocycles. The van der Waals surface area contributed by atoms with Crippen molar-refractivity contribution in [1.29, 1.82) is 0 Å². The molecule has 3 aliphatic rings. The van der Waals surface area contributed by atoms with Gasteiger partial charge in [-0.2, -0.15) is 0 Å². The Labute approximate surface area is 156 Å². The van der Waals surface area contributed by atoms with Crippen LogP contribution in [0.1, 0.15) is 34.7 Å². The first-order valence-electron chi connectivity index (χ1n) is 9.32. The first-order chi connectivity index (χ1) is 13.1. The number of imide groups is 1. The molecule has 2 aromatic rings. The third kappa shape index (κ3) is 2.27. The molecule has 1 saturated heterocycles. The Kier molecular flexibility index (Phi) is 3.47. The van der Waals surface area contributed by atoms with E-state index in [1.54, 1.807) is 12.1 Å². The SMILES string of the molecule is O=C(O)c1ccc(N2C(=O)[C@@H]3[C@@H]4C[C@@H]([C@@H]3C2=O)[C@H](c2ccccc2)C4)cc1. The lowest BCUT2D eigenvalue weighted by Crippen LogP contribution is -2.33. The number of fused-ring (bicyclic) bond motifs is 5. The molecule has 136 valence electrons. The summed E-state index contributed by atoms with van der Waals surface area (Å²) in [5, 5.41) is 9.04. The van der Waals surface area contributed by atoms with Crippen molar-refractivity contribution in [2.75, 3.05) is 4.90 Å². The minimum Gasteiger partial charge on any atom is -0.478 e. The van der Waals surface area contributed by atoms with Gasteiger partial charge in [0.25, 0.3) is 0 Å². The maximum atomic E-state index is 13.2. The summed E-state index contributed by atoms with van der Waals surface area (Å²) in [4.78, 5) is 38.5. The molecular formula is C22H19NO4. The van der Waals surface area contributed by atoms with Gasteiger partial charge in [0.2, 0.25) is 11.8 Å². The van der Waals surface area contributed by atoms with Gasteiger partial charge in [0, 0.05) is 0 Å².